The summed E-state index contributed by atoms with van der Waals surface area (Å²) < 4.78 is 1.71. The van der Waals surface area contributed by atoms with Gasteiger partial charge in [0.05, 0.1) is 6.54 Å². The summed E-state index contributed by atoms with van der Waals surface area (Å²) in [5.41, 5.74) is 5.88. The SMILES string of the molecule is CC(C)Cn1nccc1C(=O)CN. The van der Waals surface area contributed by atoms with Gasteiger partial charge >= 0.3 is 0 Å². The van der Waals surface area contributed by atoms with Crippen LogP contribution in [-0.2, 0) is 6.54 Å². The van der Waals surface area contributed by atoms with E-state index in [-0.39, 0.29) is 12.3 Å². The summed E-state index contributed by atoms with van der Waals surface area (Å²) in [7, 11) is 0. The summed E-state index contributed by atoms with van der Waals surface area (Å²) in [6, 6.07) is 1.71. The number of nitrogens with zero attached hydrogens (tertiary/aromatic N) is 2. The minimum Gasteiger partial charge on any atom is -0.324 e. The number of Topliss-reactive ketones (excluding diaryl/α,β-unsaturated/α-hetero) is 1. The van der Waals surface area contributed by atoms with E-state index in [4.69, 9.17) is 5.73 Å². The van der Waals surface area contributed by atoms with Crippen molar-refractivity contribution in [3.63, 3.8) is 0 Å². The van der Waals surface area contributed by atoms with Gasteiger partial charge in [-0.15, -0.1) is 0 Å². The van der Waals surface area contributed by atoms with Crippen LogP contribution in [0.15, 0.2) is 12.3 Å². The average molecular weight is 181 g/mol. The molecule has 0 aliphatic rings. The Hall–Kier alpha value is -1.16. The number of nitrogens with two attached hydrogens (primary N) is 1. The molecule has 1 heterocycles. The minimum absolute atomic E-state index is 0.0454. The molecule has 1 aromatic rings. The molecule has 0 fully saturated rings. The van der Waals surface area contributed by atoms with E-state index in [9.17, 15) is 4.79 Å². The van der Waals surface area contributed by atoms with Crippen LogP contribution in [0.2, 0.25) is 0 Å². The van der Waals surface area contributed by atoms with Crippen molar-refractivity contribution in [1.29, 1.82) is 0 Å². The second kappa shape index (κ2) is 4.18. The molecule has 0 amide bonds. The lowest BCUT2D eigenvalue weighted by molar-refractivity contribution is 0.0990. The van der Waals surface area contributed by atoms with E-state index < -0.39 is 0 Å². The highest BCUT2D eigenvalue weighted by molar-refractivity contribution is 5.95. The van der Waals surface area contributed by atoms with Gasteiger partial charge in [0.15, 0.2) is 5.78 Å². The van der Waals surface area contributed by atoms with Gasteiger partial charge in [-0.05, 0) is 12.0 Å². The fourth-order valence-electron chi connectivity index (χ4n) is 1.17. The molecule has 0 bridgehead atoms. The van der Waals surface area contributed by atoms with E-state index in [0.717, 1.165) is 6.54 Å². The number of rotatable bonds is 4. The topological polar surface area (TPSA) is 60.9 Å². The first-order valence-corrected chi connectivity index (χ1v) is 4.40. The smallest absolute Gasteiger partial charge is 0.194 e. The molecule has 4 nitrogen and oxygen atoms in total. The number of carbonyl (C=O) groups excluding carboxylic acids is 1. The maximum atomic E-state index is 11.3. The van der Waals surface area contributed by atoms with Gasteiger partial charge in [0, 0.05) is 12.7 Å². The fraction of sp³-hybridized carbons (Fsp3) is 0.556. The van der Waals surface area contributed by atoms with Gasteiger partial charge in [-0.2, -0.15) is 5.10 Å². The minimum atomic E-state index is -0.0573. The van der Waals surface area contributed by atoms with Crippen molar-refractivity contribution in [1.82, 2.24) is 9.78 Å². The fourth-order valence-corrected chi connectivity index (χ4v) is 1.17. The third-order valence-electron chi connectivity index (χ3n) is 1.73. The molecule has 0 aromatic carbocycles. The van der Waals surface area contributed by atoms with Crippen LogP contribution in [0.4, 0.5) is 0 Å². The normalized spacial score (nSPS) is 10.8. The summed E-state index contributed by atoms with van der Waals surface area (Å²) >= 11 is 0. The molecule has 13 heavy (non-hydrogen) atoms. The maximum Gasteiger partial charge on any atom is 0.194 e. The number of carbonyl (C=O) groups is 1. The Labute approximate surface area is 77.7 Å². The lowest BCUT2D eigenvalue weighted by Gasteiger charge is -2.07. The molecular formula is C9H15N3O. The molecule has 0 aliphatic carbocycles. The zero-order valence-electron chi connectivity index (χ0n) is 8.03. The Morgan fingerprint density at radius 2 is 2.38 bits per heavy atom. The zero-order chi connectivity index (χ0) is 9.84. The van der Waals surface area contributed by atoms with Crippen LogP contribution >= 0.6 is 0 Å². The first-order chi connectivity index (χ1) is 6.15. The molecule has 0 saturated carbocycles. The standard InChI is InChI=1S/C9H15N3O/c1-7(2)6-12-8(3-4-11-12)9(13)5-10/h3-4,7H,5-6,10H2,1-2H3. The van der Waals surface area contributed by atoms with Gasteiger partial charge < -0.3 is 5.73 Å². The van der Waals surface area contributed by atoms with E-state index in [1.807, 2.05) is 0 Å². The highest BCUT2D eigenvalue weighted by Gasteiger charge is 2.10. The number of hydrogen-bond acceptors (Lipinski definition) is 3. The Morgan fingerprint density at radius 1 is 1.69 bits per heavy atom. The molecule has 4 heteroatoms. The maximum absolute atomic E-state index is 11.3. The molecule has 0 unspecified atom stereocenters. The molecule has 0 atom stereocenters. The third kappa shape index (κ3) is 2.39. The molecule has 1 aromatic heterocycles. The molecule has 72 valence electrons. The lowest BCUT2D eigenvalue weighted by Crippen LogP contribution is -2.19. The van der Waals surface area contributed by atoms with Gasteiger partial charge in [0.1, 0.15) is 5.69 Å². The quantitative estimate of drug-likeness (QED) is 0.695. The van der Waals surface area contributed by atoms with Crippen molar-refractivity contribution < 1.29 is 4.79 Å². The molecule has 1 rings (SSSR count). The molecule has 0 spiro atoms. The zero-order valence-corrected chi connectivity index (χ0v) is 8.03. The molecule has 0 radical (unpaired) electrons. The van der Waals surface area contributed by atoms with E-state index in [1.165, 1.54) is 0 Å². The van der Waals surface area contributed by atoms with Crippen LogP contribution in [0.1, 0.15) is 24.3 Å². The van der Waals surface area contributed by atoms with E-state index in [1.54, 1.807) is 16.9 Å². The number of ketones is 1. The Kier molecular flexibility index (Phi) is 3.19. The highest BCUT2D eigenvalue weighted by atomic mass is 16.1. The number of aromatic nitrogens is 2. The summed E-state index contributed by atoms with van der Waals surface area (Å²) in [6.07, 6.45) is 1.63. The summed E-state index contributed by atoms with van der Waals surface area (Å²) in [6.45, 7) is 4.97. The summed E-state index contributed by atoms with van der Waals surface area (Å²) in [5.74, 6) is 0.419. The van der Waals surface area contributed by atoms with Crippen LogP contribution in [0, 0.1) is 5.92 Å². The van der Waals surface area contributed by atoms with Crippen molar-refractivity contribution in [3.05, 3.63) is 18.0 Å². The second-order valence-electron chi connectivity index (χ2n) is 3.42. The first kappa shape index (κ1) is 9.92. The average Bonchev–Trinajstić information content (AvgIpc) is 2.50. The van der Waals surface area contributed by atoms with E-state index in [0.29, 0.717) is 11.6 Å². The Balaban J connectivity index is 2.83. The second-order valence-corrected chi connectivity index (χ2v) is 3.42. The highest BCUT2D eigenvalue weighted by Crippen LogP contribution is 2.04. The summed E-state index contributed by atoms with van der Waals surface area (Å²) in [5, 5.41) is 4.07. The third-order valence-corrected chi connectivity index (χ3v) is 1.73. The molecular weight excluding hydrogens is 166 g/mol. The largest absolute Gasteiger partial charge is 0.324 e. The molecule has 0 saturated heterocycles. The van der Waals surface area contributed by atoms with Crippen molar-refractivity contribution in [3.8, 4) is 0 Å². The van der Waals surface area contributed by atoms with Crippen molar-refractivity contribution in [2.75, 3.05) is 6.54 Å². The van der Waals surface area contributed by atoms with Gasteiger partial charge in [0.25, 0.3) is 0 Å². The predicted molar refractivity (Wildman–Crippen MR) is 50.4 cm³/mol. The van der Waals surface area contributed by atoms with E-state index >= 15 is 0 Å². The predicted octanol–water partition coefficient (Wildman–Crippen LogP) is 0.681. The van der Waals surface area contributed by atoms with Crippen LogP contribution in [0.25, 0.3) is 0 Å². The van der Waals surface area contributed by atoms with E-state index in [2.05, 4.69) is 18.9 Å². The van der Waals surface area contributed by atoms with Crippen molar-refractivity contribution in [2.45, 2.75) is 20.4 Å². The van der Waals surface area contributed by atoms with Crippen LogP contribution in [0.3, 0.4) is 0 Å². The van der Waals surface area contributed by atoms with Crippen LogP contribution in [0.5, 0.6) is 0 Å². The van der Waals surface area contributed by atoms with Gasteiger partial charge in [-0.1, -0.05) is 13.8 Å². The number of hydrogen-bond donors (Lipinski definition) is 1. The summed E-state index contributed by atoms with van der Waals surface area (Å²) in [4.78, 5) is 11.3. The van der Waals surface area contributed by atoms with Crippen molar-refractivity contribution in [2.24, 2.45) is 11.7 Å². The lowest BCUT2D eigenvalue weighted by atomic mass is 10.2. The first-order valence-electron chi connectivity index (χ1n) is 4.40. The Bertz CT molecular complexity index is 291. The van der Waals surface area contributed by atoms with Crippen LogP contribution in [-0.4, -0.2) is 22.1 Å². The molecule has 0 aliphatic heterocycles. The van der Waals surface area contributed by atoms with Gasteiger partial charge in [-0.3, -0.25) is 9.48 Å². The van der Waals surface area contributed by atoms with Gasteiger partial charge in [-0.25, -0.2) is 0 Å². The van der Waals surface area contributed by atoms with Crippen molar-refractivity contribution >= 4 is 5.78 Å². The molecule has 2 N–H and O–H groups in total. The Morgan fingerprint density at radius 3 is 2.92 bits per heavy atom. The van der Waals surface area contributed by atoms with Gasteiger partial charge in [0.2, 0.25) is 0 Å². The van der Waals surface area contributed by atoms with Crippen LogP contribution < -0.4 is 5.73 Å². The monoisotopic (exact) mass is 181 g/mol.